The van der Waals surface area contributed by atoms with Gasteiger partial charge in [-0.2, -0.15) is 0 Å². The molecule has 0 aromatic rings. The second-order valence-corrected chi connectivity index (χ2v) is 6.80. The Hall–Kier alpha value is -0.900. The molecular formula is C20H40N2O2. The molecule has 3 N–H and O–H groups in total. The average Bonchev–Trinajstić information content (AvgIpc) is 2.59. The Morgan fingerprint density at radius 2 is 1.42 bits per heavy atom. The first-order valence-electron chi connectivity index (χ1n) is 10.2. The molecule has 0 spiro atoms. The van der Waals surface area contributed by atoms with Gasteiger partial charge in [0.15, 0.2) is 5.78 Å². The van der Waals surface area contributed by atoms with Gasteiger partial charge in [-0.3, -0.25) is 9.59 Å². The zero-order valence-corrected chi connectivity index (χ0v) is 16.1. The summed E-state index contributed by atoms with van der Waals surface area (Å²) >= 11 is 0. The van der Waals surface area contributed by atoms with Gasteiger partial charge in [0.25, 0.3) is 0 Å². The maximum absolute atomic E-state index is 12.0. The van der Waals surface area contributed by atoms with Crippen molar-refractivity contribution in [3.05, 3.63) is 0 Å². The minimum atomic E-state index is -0.312. The van der Waals surface area contributed by atoms with Crippen LogP contribution in [0.15, 0.2) is 0 Å². The SMILES string of the molecule is CCCCCCCCCCCC(=O)NC(CCCCN)C(=O)CC. The van der Waals surface area contributed by atoms with Gasteiger partial charge >= 0.3 is 0 Å². The van der Waals surface area contributed by atoms with E-state index in [1.807, 2.05) is 6.92 Å². The molecule has 0 saturated carbocycles. The zero-order chi connectivity index (χ0) is 18.0. The van der Waals surface area contributed by atoms with E-state index in [2.05, 4.69) is 12.2 Å². The van der Waals surface area contributed by atoms with Crippen molar-refractivity contribution >= 4 is 11.7 Å². The number of hydrogen-bond acceptors (Lipinski definition) is 3. The molecule has 1 atom stereocenters. The molecule has 0 heterocycles. The third-order valence-corrected chi connectivity index (χ3v) is 4.53. The van der Waals surface area contributed by atoms with Gasteiger partial charge in [-0.05, 0) is 32.2 Å². The molecule has 0 aliphatic heterocycles. The van der Waals surface area contributed by atoms with E-state index in [4.69, 9.17) is 5.73 Å². The van der Waals surface area contributed by atoms with Crippen molar-refractivity contribution in [2.24, 2.45) is 5.73 Å². The normalized spacial score (nSPS) is 12.1. The van der Waals surface area contributed by atoms with E-state index in [0.717, 1.165) is 25.7 Å². The van der Waals surface area contributed by atoms with E-state index in [0.29, 0.717) is 25.8 Å². The molecule has 0 radical (unpaired) electrons. The van der Waals surface area contributed by atoms with Crippen LogP contribution >= 0.6 is 0 Å². The Bertz CT molecular complexity index is 319. The molecule has 1 unspecified atom stereocenters. The third-order valence-electron chi connectivity index (χ3n) is 4.53. The molecule has 4 nitrogen and oxygen atoms in total. The van der Waals surface area contributed by atoms with E-state index in [1.165, 1.54) is 44.9 Å². The number of rotatable bonds is 17. The monoisotopic (exact) mass is 340 g/mol. The van der Waals surface area contributed by atoms with E-state index in [-0.39, 0.29) is 17.7 Å². The van der Waals surface area contributed by atoms with Crippen LogP contribution in [0.2, 0.25) is 0 Å². The molecule has 0 saturated heterocycles. The third kappa shape index (κ3) is 13.5. The molecule has 142 valence electrons. The highest BCUT2D eigenvalue weighted by atomic mass is 16.2. The minimum absolute atomic E-state index is 0.0255. The van der Waals surface area contributed by atoms with E-state index < -0.39 is 0 Å². The number of carbonyl (C=O) groups excluding carboxylic acids is 2. The first-order chi connectivity index (χ1) is 11.7. The fourth-order valence-corrected chi connectivity index (χ4v) is 2.92. The Labute approximate surface area is 149 Å². The molecule has 0 aromatic heterocycles. The van der Waals surface area contributed by atoms with Crippen molar-refractivity contribution in [3.8, 4) is 0 Å². The first-order valence-corrected chi connectivity index (χ1v) is 10.2. The lowest BCUT2D eigenvalue weighted by atomic mass is 10.0. The number of nitrogens with two attached hydrogens (primary N) is 1. The van der Waals surface area contributed by atoms with Gasteiger partial charge in [-0.15, -0.1) is 0 Å². The standard InChI is InChI=1S/C20H40N2O2/c1-3-5-6-7-8-9-10-11-12-16-20(24)22-18(19(23)4-2)15-13-14-17-21/h18H,3-17,21H2,1-2H3,(H,22,24). The molecule has 0 fully saturated rings. The summed E-state index contributed by atoms with van der Waals surface area (Å²) in [6.07, 6.45) is 14.7. The summed E-state index contributed by atoms with van der Waals surface area (Å²) in [6, 6.07) is -0.312. The molecule has 0 rings (SSSR count). The summed E-state index contributed by atoms with van der Waals surface area (Å²) < 4.78 is 0. The number of unbranched alkanes of at least 4 members (excludes halogenated alkanes) is 9. The first kappa shape index (κ1) is 23.1. The number of amides is 1. The van der Waals surface area contributed by atoms with Gasteiger partial charge in [-0.1, -0.05) is 65.2 Å². The summed E-state index contributed by atoms with van der Waals surface area (Å²) in [5, 5.41) is 2.92. The molecule has 0 bridgehead atoms. The van der Waals surface area contributed by atoms with Crippen molar-refractivity contribution < 1.29 is 9.59 Å². The molecule has 0 aliphatic carbocycles. The Morgan fingerprint density at radius 1 is 0.833 bits per heavy atom. The van der Waals surface area contributed by atoms with Crippen LogP contribution in [-0.4, -0.2) is 24.3 Å². The molecule has 1 amide bonds. The highest BCUT2D eigenvalue weighted by Gasteiger charge is 2.18. The molecule has 0 aromatic carbocycles. The number of carbonyl (C=O) groups is 2. The number of Topliss-reactive ketones (excluding diaryl/α,β-unsaturated/α-hetero) is 1. The summed E-state index contributed by atoms with van der Waals surface area (Å²) in [6.45, 7) is 4.73. The minimum Gasteiger partial charge on any atom is -0.346 e. The zero-order valence-electron chi connectivity index (χ0n) is 16.1. The van der Waals surface area contributed by atoms with Crippen molar-refractivity contribution in [1.82, 2.24) is 5.32 Å². The van der Waals surface area contributed by atoms with Crippen LogP contribution in [0.4, 0.5) is 0 Å². The van der Waals surface area contributed by atoms with E-state index in [9.17, 15) is 9.59 Å². The van der Waals surface area contributed by atoms with E-state index >= 15 is 0 Å². The Kier molecular flexibility index (Phi) is 16.3. The lowest BCUT2D eigenvalue weighted by Gasteiger charge is -2.17. The van der Waals surface area contributed by atoms with Gasteiger partial charge in [-0.25, -0.2) is 0 Å². The van der Waals surface area contributed by atoms with Gasteiger partial charge in [0, 0.05) is 12.8 Å². The highest BCUT2D eigenvalue weighted by Crippen LogP contribution is 2.11. The molecular weight excluding hydrogens is 300 g/mol. The van der Waals surface area contributed by atoms with Gasteiger partial charge in [0.1, 0.15) is 0 Å². The van der Waals surface area contributed by atoms with Crippen molar-refractivity contribution in [2.75, 3.05) is 6.54 Å². The van der Waals surface area contributed by atoms with Crippen molar-refractivity contribution in [2.45, 2.75) is 110 Å². The van der Waals surface area contributed by atoms with Gasteiger partial charge < -0.3 is 11.1 Å². The smallest absolute Gasteiger partial charge is 0.220 e. The van der Waals surface area contributed by atoms with Gasteiger partial charge in [0.2, 0.25) is 5.91 Å². The second-order valence-electron chi connectivity index (χ2n) is 6.80. The topological polar surface area (TPSA) is 72.2 Å². The molecule has 4 heteroatoms. The van der Waals surface area contributed by atoms with E-state index in [1.54, 1.807) is 0 Å². The number of hydrogen-bond donors (Lipinski definition) is 2. The Morgan fingerprint density at radius 3 is 1.96 bits per heavy atom. The predicted molar refractivity (Wildman–Crippen MR) is 102 cm³/mol. The summed E-state index contributed by atoms with van der Waals surface area (Å²) in [5.74, 6) is 0.157. The Balaban J connectivity index is 3.74. The number of ketones is 1. The number of nitrogens with one attached hydrogen (secondary N) is 1. The predicted octanol–water partition coefficient (Wildman–Crippen LogP) is 4.50. The maximum atomic E-state index is 12.0. The van der Waals surface area contributed by atoms with Crippen LogP contribution in [0.1, 0.15) is 104 Å². The molecule has 0 aliphatic rings. The maximum Gasteiger partial charge on any atom is 0.220 e. The summed E-state index contributed by atoms with van der Waals surface area (Å²) in [7, 11) is 0. The van der Waals surface area contributed by atoms with Crippen LogP contribution in [0.25, 0.3) is 0 Å². The van der Waals surface area contributed by atoms with Crippen LogP contribution < -0.4 is 11.1 Å². The highest BCUT2D eigenvalue weighted by molar-refractivity contribution is 5.88. The van der Waals surface area contributed by atoms with Crippen molar-refractivity contribution in [1.29, 1.82) is 0 Å². The van der Waals surface area contributed by atoms with Crippen LogP contribution in [0.3, 0.4) is 0 Å². The largest absolute Gasteiger partial charge is 0.346 e. The average molecular weight is 341 g/mol. The van der Waals surface area contributed by atoms with Crippen LogP contribution in [0.5, 0.6) is 0 Å². The lowest BCUT2D eigenvalue weighted by Crippen LogP contribution is -2.40. The quantitative estimate of drug-likeness (QED) is 0.383. The van der Waals surface area contributed by atoms with Crippen LogP contribution in [0, 0.1) is 0 Å². The summed E-state index contributed by atoms with van der Waals surface area (Å²) in [4.78, 5) is 23.9. The molecule has 24 heavy (non-hydrogen) atoms. The second kappa shape index (κ2) is 16.9. The van der Waals surface area contributed by atoms with Gasteiger partial charge in [0.05, 0.1) is 6.04 Å². The fourth-order valence-electron chi connectivity index (χ4n) is 2.92. The summed E-state index contributed by atoms with van der Waals surface area (Å²) in [5.41, 5.74) is 5.49. The lowest BCUT2D eigenvalue weighted by molar-refractivity contribution is -0.128. The van der Waals surface area contributed by atoms with Crippen LogP contribution in [-0.2, 0) is 9.59 Å². The van der Waals surface area contributed by atoms with Crippen molar-refractivity contribution in [3.63, 3.8) is 0 Å². The fraction of sp³-hybridized carbons (Fsp3) is 0.900.